The van der Waals surface area contributed by atoms with E-state index in [0.717, 1.165) is 19.0 Å². The first-order valence-electron chi connectivity index (χ1n) is 8.68. The van der Waals surface area contributed by atoms with Crippen LogP contribution in [0.1, 0.15) is 64.7 Å². The molecule has 0 aromatic rings. The van der Waals surface area contributed by atoms with Crippen LogP contribution in [-0.2, 0) is 4.79 Å². The number of amides is 1. The molecule has 0 heterocycles. The lowest BCUT2D eigenvalue weighted by Crippen LogP contribution is -2.43. The number of carbonyl (C=O) groups excluding carboxylic acids is 1. The monoisotopic (exact) mass is 280 g/mol. The van der Waals surface area contributed by atoms with Crippen molar-refractivity contribution in [2.75, 3.05) is 26.7 Å². The van der Waals surface area contributed by atoms with Gasteiger partial charge in [-0.3, -0.25) is 9.69 Å². The zero-order valence-electron chi connectivity index (χ0n) is 13.4. The molecule has 116 valence electrons. The summed E-state index contributed by atoms with van der Waals surface area (Å²) in [5.74, 6) is 1.07. The van der Waals surface area contributed by atoms with Crippen LogP contribution in [0.25, 0.3) is 0 Å². The Morgan fingerprint density at radius 1 is 1.00 bits per heavy atom. The standard InChI is InChI=1S/C17H32N2O/c1-3-19(16-11-7-8-12-16)14-17(20)18(2)13-15-9-5-4-6-10-15/h15-16H,3-14H2,1-2H3. The van der Waals surface area contributed by atoms with Crippen LogP contribution in [0.4, 0.5) is 0 Å². The van der Waals surface area contributed by atoms with E-state index in [2.05, 4.69) is 11.8 Å². The van der Waals surface area contributed by atoms with E-state index < -0.39 is 0 Å². The first kappa shape index (κ1) is 15.8. The van der Waals surface area contributed by atoms with Crippen molar-refractivity contribution >= 4 is 5.91 Å². The van der Waals surface area contributed by atoms with Crippen LogP contribution in [0.15, 0.2) is 0 Å². The zero-order chi connectivity index (χ0) is 14.4. The Balaban J connectivity index is 1.76. The second kappa shape index (κ2) is 8.02. The number of hydrogen-bond donors (Lipinski definition) is 0. The van der Waals surface area contributed by atoms with Gasteiger partial charge in [0.15, 0.2) is 0 Å². The highest BCUT2D eigenvalue weighted by atomic mass is 16.2. The van der Waals surface area contributed by atoms with Gasteiger partial charge in [0.1, 0.15) is 0 Å². The molecule has 2 aliphatic carbocycles. The molecular formula is C17H32N2O. The van der Waals surface area contributed by atoms with Crippen LogP contribution in [0, 0.1) is 5.92 Å². The van der Waals surface area contributed by atoms with Crippen LogP contribution >= 0.6 is 0 Å². The zero-order valence-corrected chi connectivity index (χ0v) is 13.4. The highest BCUT2D eigenvalue weighted by Gasteiger charge is 2.25. The Bertz CT molecular complexity index is 293. The van der Waals surface area contributed by atoms with Crippen molar-refractivity contribution in [1.82, 2.24) is 9.80 Å². The van der Waals surface area contributed by atoms with Crippen LogP contribution in [-0.4, -0.2) is 48.4 Å². The molecular weight excluding hydrogens is 248 g/mol. The smallest absolute Gasteiger partial charge is 0.236 e. The molecule has 2 rings (SSSR count). The van der Waals surface area contributed by atoms with Crippen molar-refractivity contribution in [2.45, 2.75) is 70.8 Å². The topological polar surface area (TPSA) is 23.6 Å². The SMILES string of the molecule is CCN(CC(=O)N(C)CC1CCCCC1)C1CCCC1. The van der Waals surface area contributed by atoms with Gasteiger partial charge in [-0.2, -0.15) is 0 Å². The Labute approximate surface area is 124 Å². The second-order valence-electron chi connectivity index (χ2n) is 6.78. The summed E-state index contributed by atoms with van der Waals surface area (Å²) in [6.45, 7) is 4.80. The summed E-state index contributed by atoms with van der Waals surface area (Å²) >= 11 is 0. The fraction of sp³-hybridized carbons (Fsp3) is 0.941. The predicted octanol–water partition coefficient (Wildman–Crippen LogP) is 3.29. The molecule has 2 saturated carbocycles. The van der Waals surface area contributed by atoms with Crippen LogP contribution < -0.4 is 0 Å². The number of hydrogen-bond acceptors (Lipinski definition) is 2. The molecule has 3 nitrogen and oxygen atoms in total. The van der Waals surface area contributed by atoms with E-state index in [9.17, 15) is 4.79 Å². The molecule has 0 spiro atoms. The summed E-state index contributed by atoms with van der Waals surface area (Å²) in [5.41, 5.74) is 0. The van der Waals surface area contributed by atoms with Gasteiger partial charge in [-0.1, -0.05) is 39.0 Å². The summed E-state index contributed by atoms with van der Waals surface area (Å²) in [7, 11) is 2.00. The summed E-state index contributed by atoms with van der Waals surface area (Å²) in [5, 5.41) is 0. The Kier molecular flexibility index (Phi) is 6.34. The predicted molar refractivity (Wildman–Crippen MR) is 83.7 cm³/mol. The van der Waals surface area contributed by atoms with E-state index >= 15 is 0 Å². The highest BCUT2D eigenvalue weighted by Crippen LogP contribution is 2.25. The van der Waals surface area contributed by atoms with E-state index in [1.165, 1.54) is 57.8 Å². The minimum Gasteiger partial charge on any atom is -0.344 e. The minimum absolute atomic E-state index is 0.323. The van der Waals surface area contributed by atoms with Crippen molar-refractivity contribution in [1.29, 1.82) is 0 Å². The maximum absolute atomic E-state index is 12.4. The van der Waals surface area contributed by atoms with Crippen molar-refractivity contribution < 1.29 is 4.79 Å². The maximum Gasteiger partial charge on any atom is 0.236 e. The first-order valence-corrected chi connectivity index (χ1v) is 8.68. The van der Waals surface area contributed by atoms with Gasteiger partial charge in [0.05, 0.1) is 6.54 Å². The minimum atomic E-state index is 0.323. The fourth-order valence-corrected chi connectivity index (χ4v) is 3.92. The summed E-state index contributed by atoms with van der Waals surface area (Å²) in [6, 6.07) is 0.659. The molecule has 0 saturated heterocycles. The van der Waals surface area contributed by atoms with Gasteiger partial charge in [-0.15, -0.1) is 0 Å². The average molecular weight is 280 g/mol. The van der Waals surface area contributed by atoms with Gasteiger partial charge in [-0.25, -0.2) is 0 Å². The summed E-state index contributed by atoms with van der Waals surface area (Å²) < 4.78 is 0. The third-order valence-corrected chi connectivity index (χ3v) is 5.27. The Morgan fingerprint density at radius 2 is 1.60 bits per heavy atom. The van der Waals surface area contributed by atoms with Crippen LogP contribution in [0.2, 0.25) is 0 Å². The van der Waals surface area contributed by atoms with Crippen LogP contribution in [0.5, 0.6) is 0 Å². The van der Waals surface area contributed by atoms with E-state index in [1.54, 1.807) is 0 Å². The van der Waals surface area contributed by atoms with Gasteiger partial charge in [0.2, 0.25) is 5.91 Å². The summed E-state index contributed by atoms with van der Waals surface area (Å²) in [6.07, 6.45) is 12.0. The number of likely N-dealkylation sites (N-methyl/N-ethyl adjacent to an activating group) is 2. The Morgan fingerprint density at radius 3 is 2.20 bits per heavy atom. The molecule has 2 aliphatic rings. The van der Waals surface area contributed by atoms with E-state index in [1.807, 2.05) is 11.9 Å². The van der Waals surface area contributed by atoms with Crippen molar-refractivity contribution in [2.24, 2.45) is 5.92 Å². The van der Waals surface area contributed by atoms with E-state index in [0.29, 0.717) is 18.5 Å². The number of nitrogens with zero attached hydrogens (tertiary/aromatic N) is 2. The maximum atomic E-state index is 12.4. The molecule has 0 N–H and O–H groups in total. The Hall–Kier alpha value is -0.570. The highest BCUT2D eigenvalue weighted by molar-refractivity contribution is 5.78. The van der Waals surface area contributed by atoms with Crippen molar-refractivity contribution in [3.63, 3.8) is 0 Å². The lowest BCUT2D eigenvalue weighted by molar-refractivity contribution is -0.132. The van der Waals surface area contributed by atoms with E-state index in [-0.39, 0.29) is 0 Å². The lowest BCUT2D eigenvalue weighted by Gasteiger charge is -2.31. The number of carbonyl (C=O) groups is 1. The molecule has 2 fully saturated rings. The molecule has 0 atom stereocenters. The van der Waals surface area contributed by atoms with Gasteiger partial charge in [0, 0.05) is 19.6 Å². The third-order valence-electron chi connectivity index (χ3n) is 5.27. The molecule has 0 aromatic carbocycles. The number of rotatable bonds is 6. The molecule has 0 bridgehead atoms. The average Bonchev–Trinajstić information content (AvgIpc) is 2.99. The normalized spacial score (nSPS) is 21.6. The van der Waals surface area contributed by atoms with Gasteiger partial charge in [-0.05, 0) is 38.1 Å². The summed E-state index contributed by atoms with van der Waals surface area (Å²) in [4.78, 5) is 16.8. The van der Waals surface area contributed by atoms with Crippen molar-refractivity contribution in [3.05, 3.63) is 0 Å². The quantitative estimate of drug-likeness (QED) is 0.745. The van der Waals surface area contributed by atoms with Crippen molar-refractivity contribution in [3.8, 4) is 0 Å². The van der Waals surface area contributed by atoms with Gasteiger partial charge in [0.25, 0.3) is 0 Å². The third kappa shape index (κ3) is 4.47. The van der Waals surface area contributed by atoms with Crippen LogP contribution in [0.3, 0.4) is 0 Å². The van der Waals surface area contributed by atoms with Gasteiger partial charge >= 0.3 is 0 Å². The molecule has 3 heteroatoms. The molecule has 0 aromatic heterocycles. The first-order chi connectivity index (χ1) is 9.70. The molecule has 0 radical (unpaired) electrons. The second-order valence-corrected chi connectivity index (χ2v) is 6.78. The molecule has 0 aliphatic heterocycles. The largest absolute Gasteiger partial charge is 0.344 e. The van der Waals surface area contributed by atoms with E-state index in [4.69, 9.17) is 0 Å². The van der Waals surface area contributed by atoms with Gasteiger partial charge < -0.3 is 4.90 Å². The molecule has 1 amide bonds. The molecule has 20 heavy (non-hydrogen) atoms. The lowest BCUT2D eigenvalue weighted by atomic mass is 9.89. The molecule has 0 unspecified atom stereocenters. The fourth-order valence-electron chi connectivity index (χ4n) is 3.92.